The molecule has 0 unspecified atom stereocenters. The van der Waals surface area contributed by atoms with Gasteiger partial charge in [0, 0.05) is 15.1 Å². The van der Waals surface area contributed by atoms with Gasteiger partial charge in [-0.3, -0.25) is 4.79 Å². The second-order valence-corrected chi connectivity index (χ2v) is 6.25. The number of hydrogen-bond acceptors (Lipinski definition) is 4. The second-order valence-electron chi connectivity index (χ2n) is 4.94. The Kier molecular flexibility index (Phi) is 5.43. The summed E-state index contributed by atoms with van der Waals surface area (Å²) < 4.78 is 6.93. The van der Waals surface area contributed by atoms with Crippen molar-refractivity contribution in [1.82, 2.24) is 14.8 Å². The number of carbonyl (C=O) groups excluding carboxylic acids is 1. The van der Waals surface area contributed by atoms with Crippen molar-refractivity contribution in [3.8, 4) is 11.4 Å². The Hall–Kier alpha value is -2.28. The minimum atomic E-state index is -0.375. The summed E-state index contributed by atoms with van der Waals surface area (Å²) in [6, 6.07) is 9.75. The summed E-state index contributed by atoms with van der Waals surface area (Å²) in [6.07, 6.45) is 2.91. The first-order chi connectivity index (χ1) is 12.0. The summed E-state index contributed by atoms with van der Waals surface area (Å²) in [7, 11) is 0. The molecule has 0 atom stereocenters. The summed E-state index contributed by atoms with van der Waals surface area (Å²) >= 11 is 17.8. The van der Waals surface area contributed by atoms with Crippen LogP contribution in [0.5, 0.6) is 5.75 Å². The molecule has 1 amide bonds. The Morgan fingerprint density at radius 2 is 1.84 bits per heavy atom. The number of nitrogens with zero attached hydrogens (tertiary/aromatic N) is 3. The summed E-state index contributed by atoms with van der Waals surface area (Å²) in [5.74, 6) is 0.0231. The lowest BCUT2D eigenvalue weighted by Crippen LogP contribution is -2.21. The molecule has 0 saturated carbocycles. The van der Waals surface area contributed by atoms with E-state index in [9.17, 15) is 4.79 Å². The predicted molar refractivity (Wildman–Crippen MR) is 97.0 cm³/mol. The Balaban J connectivity index is 1.72. The molecule has 6 nitrogen and oxygen atoms in total. The van der Waals surface area contributed by atoms with Crippen molar-refractivity contribution in [1.29, 1.82) is 0 Å². The van der Waals surface area contributed by atoms with E-state index in [4.69, 9.17) is 39.5 Å². The van der Waals surface area contributed by atoms with Crippen molar-refractivity contribution in [3.63, 3.8) is 0 Å². The predicted octanol–water partition coefficient (Wildman–Crippen LogP) is 4.25. The van der Waals surface area contributed by atoms with Gasteiger partial charge < -0.3 is 10.1 Å². The van der Waals surface area contributed by atoms with Gasteiger partial charge in [-0.15, -0.1) is 0 Å². The molecule has 0 bridgehead atoms. The second kappa shape index (κ2) is 7.74. The van der Waals surface area contributed by atoms with Crippen LogP contribution in [0.1, 0.15) is 0 Å². The van der Waals surface area contributed by atoms with E-state index < -0.39 is 0 Å². The summed E-state index contributed by atoms with van der Waals surface area (Å²) in [5, 5.41) is 8.10. The maximum absolute atomic E-state index is 12.2. The SMILES string of the molecule is O=C(COc1cc(Cl)cc(Cl)c1)Nc1cc(Cl)ccc1-n1cncn1. The van der Waals surface area contributed by atoms with E-state index in [1.165, 1.54) is 17.3 Å². The number of ether oxygens (including phenoxy) is 1. The van der Waals surface area contributed by atoms with E-state index in [2.05, 4.69) is 15.4 Å². The van der Waals surface area contributed by atoms with Crippen LogP contribution in [0.3, 0.4) is 0 Å². The highest BCUT2D eigenvalue weighted by atomic mass is 35.5. The van der Waals surface area contributed by atoms with Gasteiger partial charge in [-0.1, -0.05) is 34.8 Å². The van der Waals surface area contributed by atoms with Crippen LogP contribution in [0.15, 0.2) is 49.1 Å². The van der Waals surface area contributed by atoms with Gasteiger partial charge in [0.25, 0.3) is 5.91 Å². The fraction of sp³-hybridized carbons (Fsp3) is 0.0625. The highest BCUT2D eigenvalue weighted by molar-refractivity contribution is 6.34. The number of halogens is 3. The standard InChI is InChI=1S/C16H11Cl3N4O2/c17-10-1-2-15(23-9-20-8-21-23)14(6-10)22-16(24)7-25-13-4-11(18)3-12(19)5-13/h1-6,8-9H,7H2,(H,22,24). The van der Waals surface area contributed by atoms with Crippen LogP contribution >= 0.6 is 34.8 Å². The lowest BCUT2D eigenvalue weighted by molar-refractivity contribution is -0.118. The third-order valence-corrected chi connectivity index (χ3v) is 3.78. The first kappa shape index (κ1) is 17.5. The average molecular weight is 398 g/mol. The third kappa shape index (κ3) is 4.63. The normalized spacial score (nSPS) is 10.5. The van der Waals surface area contributed by atoms with Crippen molar-refractivity contribution < 1.29 is 9.53 Å². The van der Waals surface area contributed by atoms with E-state index in [0.717, 1.165) is 0 Å². The van der Waals surface area contributed by atoms with Crippen LogP contribution in [0, 0.1) is 0 Å². The number of aromatic nitrogens is 3. The molecule has 0 aliphatic heterocycles. The summed E-state index contributed by atoms with van der Waals surface area (Å²) in [6.45, 7) is -0.222. The van der Waals surface area contributed by atoms with Crippen molar-refractivity contribution in [2.45, 2.75) is 0 Å². The van der Waals surface area contributed by atoms with Gasteiger partial charge in [-0.05, 0) is 36.4 Å². The zero-order valence-corrected chi connectivity index (χ0v) is 14.9. The Morgan fingerprint density at radius 3 is 2.52 bits per heavy atom. The maximum Gasteiger partial charge on any atom is 0.262 e. The molecule has 0 saturated heterocycles. The van der Waals surface area contributed by atoms with Crippen LogP contribution in [0.2, 0.25) is 15.1 Å². The minimum absolute atomic E-state index is 0.222. The third-order valence-electron chi connectivity index (χ3n) is 3.10. The molecule has 128 valence electrons. The largest absolute Gasteiger partial charge is 0.484 e. The molecule has 3 aromatic rings. The van der Waals surface area contributed by atoms with Gasteiger partial charge in [-0.25, -0.2) is 9.67 Å². The lowest BCUT2D eigenvalue weighted by atomic mass is 10.2. The lowest BCUT2D eigenvalue weighted by Gasteiger charge is -2.12. The maximum atomic E-state index is 12.2. The highest BCUT2D eigenvalue weighted by Gasteiger charge is 2.11. The fourth-order valence-electron chi connectivity index (χ4n) is 2.09. The molecule has 1 N–H and O–H groups in total. The molecule has 0 fully saturated rings. The molecular formula is C16H11Cl3N4O2. The number of hydrogen-bond donors (Lipinski definition) is 1. The Bertz CT molecular complexity index is 880. The molecule has 1 aromatic heterocycles. The summed E-state index contributed by atoms with van der Waals surface area (Å²) in [4.78, 5) is 16.1. The van der Waals surface area contributed by atoms with Gasteiger partial charge in [0.15, 0.2) is 6.61 Å². The fourth-order valence-corrected chi connectivity index (χ4v) is 2.77. The van der Waals surface area contributed by atoms with E-state index in [1.54, 1.807) is 36.4 Å². The quantitative estimate of drug-likeness (QED) is 0.699. The van der Waals surface area contributed by atoms with E-state index in [0.29, 0.717) is 32.2 Å². The van der Waals surface area contributed by atoms with Crippen LogP contribution in [0.25, 0.3) is 5.69 Å². The number of rotatable bonds is 5. The molecule has 1 heterocycles. The van der Waals surface area contributed by atoms with Gasteiger partial charge >= 0.3 is 0 Å². The average Bonchev–Trinajstić information content (AvgIpc) is 3.06. The van der Waals surface area contributed by atoms with Crippen molar-refractivity contribution in [3.05, 3.63) is 64.1 Å². The minimum Gasteiger partial charge on any atom is -0.484 e. The molecule has 25 heavy (non-hydrogen) atoms. The molecule has 0 spiro atoms. The van der Waals surface area contributed by atoms with Gasteiger partial charge in [0.2, 0.25) is 0 Å². The van der Waals surface area contributed by atoms with Crippen molar-refractivity contribution >= 4 is 46.4 Å². The molecule has 0 radical (unpaired) electrons. The van der Waals surface area contributed by atoms with E-state index in [1.807, 2.05) is 0 Å². The highest BCUT2D eigenvalue weighted by Crippen LogP contribution is 2.25. The van der Waals surface area contributed by atoms with E-state index in [-0.39, 0.29) is 12.5 Å². The van der Waals surface area contributed by atoms with Gasteiger partial charge in [0.1, 0.15) is 18.4 Å². The van der Waals surface area contributed by atoms with E-state index >= 15 is 0 Å². The molecule has 0 aliphatic carbocycles. The number of benzene rings is 2. The first-order valence-corrected chi connectivity index (χ1v) is 8.18. The van der Waals surface area contributed by atoms with Crippen LogP contribution in [-0.4, -0.2) is 27.3 Å². The smallest absolute Gasteiger partial charge is 0.262 e. The first-order valence-electron chi connectivity index (χ1n) is 7.04. The zero-order chi connectivity index (χ0) is 17.8. The number of carbonyl (C=O) groups is 1. The number of nitrogens with one attached hydrogen (secondary N) is 1. The van der Waals surface area contributed by atoms with Crippen molar-refractivity contribution in [2.24, 2.45) is 0 Å². The zero-order valence-electron chi connectivity index (χ0n) is 12.6. The van der Waals surface area contributed by atoms with Gasteiger partial charge in [0.05, 0.1) is 11.4 Å². The van der Waals surface area contributed by atoms with Gasteiger partial charge in [-0.2, -0.15) is 5.10 Å². The molecular weight excluding hydrogens is 387 g/mol. The van der Waals surface area contributed by atoms with Crippen LogP contribution < -0.4 is 10.1 Å². The molecule has 9 heteroatoms. The molecule has 3 rings (SSSR count). The Morgan fingerprint density at radius 1 is 1.08 bits per heavy atom. The summed E-state index contributed by atoms with van der Waals surface area (Å²) in [5.41, 5.74) is 1.11. The Labute approximate surface area is 158 Å². The van der Waals surface area contributed by atoms with Crippen LogP contribution in [0.4, 0.5) is 5.69 Å². The monoisotopic (exact) mass is 396 g/mol. The molecule has 2 aromatic carbocycles. The molecule has 0 aliphatic rings. The van der Waals surface area contributed by atoms with Crippen LogP contribution in [-0.2, 0) is 4.79 Å². The number of anilines is 1. The number of amides is 1. The topological polar surface area (TPSA) is 69.0 Å². The van der Waals surface area contributed by atoms with Crippen molar-refractivity contribution in [2.75, 3.05) is 11.9 Å².